The van der Waals surface area contributed by atoms with Crippen molar-refractivity contribution in [1.29, 1.82) is 0 Å². The van der Waals surface area contributed by atoms with Gasteiger partial charge < -0.3 is 10.4 Å². The van der Waals surface area contributed by atoms with Gasteiger partial charge in [-0.3, -0.25) is 0 Å². The Kier molecular flexibility index (Phi) is 1.37. The minimum Gasteiger partial charge on any atom is -0.395 e. The second kappa shape index (κ2) is 2.24. The Morgan fingerprint density at radius 1 is 1.33 bits per heavy atom. The summed E-state index contributed by atoms with van der Waals surface area (Å²) in [5.41, 5.74) is 0.769. The molecule has 2 aliphatic carbocycles. The zero-order valence-electron chi connectivity index (χ0n) is 7.42. The summed E-state index contributed by atoms with van der Waals surface area (Å²) < 4.78 is 0. The number of hydrogen-bond donors (Lipinski definition) is 2. The van der Waals surface area contributed by atoms with Crippen molar-refractivity contribution in [3.8, 4) is 0 Å². The van der Waals surface area contributed by atoms with Gasteiger partial charge in [0.25, 0.3) is 0 Å². The number of nitrogens with one attached hydrogen (secondary N) is 1. The minimum atomic E-state index is 0.344. The van der Waals surface area contributed by atoms with E-state index in [-0.39, 0.29) is 0 Å². The van der Waals surface area contributed by atoms with Crippen LogP contribution in [0.1, 0.15) is 25.7 Å². The summed E-state index contributed by atoms with van der Waals surface area (Å²) in [4.78, 5) is 0. The summed E-state index contributed by atoms with van der Waals surface area (Å²) in [6.07, 6.45) is 5.79. The van der Waals surface area contributed by atoms with Crippen LogP contribution in [0.15, 0.2) is 0 Å². The Morgan fingerprint density at radius 2 is 2.17 bits per heavy atom. The van der Waals surface area contributed by atoms with E-state index in [4.69, 9.17) is 5.11 Å². The standard InChI is InChI=1S/C10H17NO/c12-6-9-8-4-10(1-2-10)3-7(8)5-11-9/h7-9,11-12H,1-6H2/t7-,8-,9?/m0/s1. The zero-order chi connectivity index (χ0) is 8.18. The molecule has 2 heteroatoms. The molecule has 2 nitrogen and oxygen atoms in total. The predicted octanol–water partition coefficient (Wildman–Crippen LogP) is 0.757. The molecule has 0 aromatic rings. The van der Waals surface area contributed by atoms with Crippen LogP contribution in [-0.2, 0) is 0 Å². The van der Waals surface area contributed by atoms with Crippen LogP contribution in [0.5, 0.6) is 0 Å². The van der Waals surface area contributed by atoms with Gasteiger partial charge in [0.2, 0.25) is 0 Å². The maximum Gasteiger partial charge on any atom is 0.0587 e. The number of rotatable bonds is 1. The van der Waals surface area contributed by atoms with Crippen LogP contribution in [-0.4, -0.2) is 24.3 Å². The molecular formula is C10H17NO. The lowest BCUT2D eigenvalue weighted by Gasteiger charge is -2.15. The van der Waals surface area contributed by atoms with E-state index in [1.54, 1.807) is 0 Å². The molecule has 3 fully saturated rings. The molecule has 1 heterocycles. The largest absolute Gasteiger partial charge is 0.395 e. The van der Waals surface area contributed by atoms with Crippen LogP contribution in [0.4, 0.5) is 0 Å². The van der Waals surface area contributed by atoms with Gasteiger partial charge in [-0.15, -0.1) is 0 Å². The van der Waals surface area contributed by atoms with Crippen molar-refractivity contribution in [2.75, 3.05) is 13.2 Å². The molecule has 3 atom stereocenters. The lowest BCUT2D eigenvalue weighted by atomic mass is 9.94. The van der Waals surface area contributed by atoms with Crippen molar-refractivity contribution in [3.63, 3.8) is 0 Å². The summed E-state index contributed by atoms with van der Waals surface area (Å²) in [5, 5.41) is 12.6. The first-order valence-electron chi connectivity index (χ1n) is 5.17. The zero-order valence-corrected chi connectivity index (χ0v) is 7.42. The highest BCUT2D eigenvalue weighted by molar-refractivity contribution is 5.08. The third-order valence-corrected chi connectivity index (χ3v) is 4.28. The first-order chi connectivity index (χ1) is 5.83. The van der Waals surface area contributed by atoms with Gasteiger partial charge >= 0.3 is 0 Å². The molecule has 0 aromatic carbocycles. The first kappa shape index (κ1) is 7.34. The highest BCUT2D eigenvalue weighted by Gasteiger charge is 2.55. The molecule has 3 aliphatic rings. The highest BCUT2D eigenvalue weighted by Crippen LogP contribution is 2.62. The monoisotopic (exact) mass is 167 g/mol. The van der Waals surface area contributed by atoms with Crippen molar-refractivity contribution >= 4 is 0 Å². The van der Waals surface area contributed by atoms with Crippen LogP contribution in [0.3, 0.4) is 0 Å². The Morgan fingerprint density at radius 3 is 2.83 bits per heavy atom. The molecule has 1 aliphatic heterocycles. The maximum absolute atomic E-state index is 9.14. The van der Waals surface area contributed by atoms with Gasteiger partial charge in [0.05, 0.1) is 6.61 Å². The normalized spacial score (nSPS) is 48.2. The van der Waals surface area contributed by atoms with E-state index < -0.39 is 0 Å². The predicted molar refractivity (Wildman–Crippen MR) is 46.8 cm³/mol. The van der Waals surface area contributed by atoms with E-state index in [1.165, 1.54) is 25.7 Å². The van der Waals surface area contributed by atoms with Crippen molar-refractivity contribution in [2.24, 2.45) is 17.3 Å². The second-order valence-corrected chi connectivity index (χ2v) is 5.03. The molecule has 1 spiro atoms. The summed E-state index contributed by atoms with van der Waals surface area (Å²) in [5.74, 6) is 1.70. The lowest BCUT2D eigenvalue weighted by Crippen LogP contribution is -2.31. The number of fused-ring (bicyclic) bond motifs is 1. The molecule has 1 unspecified atom stereocenters. The van der Waals surface area contributed by atoms with Crippen molar-refractivity contribution < 1.29 is 5.11 Å². The fourth-order valence-electron chi connectivity index (χ4n) is 3.39. The molecule has 12 heavy (non-hydrogen) atoms. The molecule has 2 N–H and O–H groups in total. The van der Waals surface area contributed by atoms with Crippen LogP contribution in [0.2, 0.25) is 0 Å². The Balaban J connectivity index is 1.76. The molecular weight excluding hydrogens is 150 g/mol. The number of aliphatic hydroxyl groups is 1. The SMILES string of the molecule is OCC1NC[C@@H]2CC3(CC3)C[C@H]12. The third kappa shape index (κ3) is 0.882. The Labute approximate surface area is 73.4 Å². The molecule has 3 rings (SSSR count). The van der Waals surface area contributed by atoms with E-state index in [0.29, 0.717) is 12.6 Å². The second-order valence-electron chi connectivity index (χ2n) is 5.03. The highest BCUT2D eigenvalue weighted by atomic mass is 16.3. The molecule has 0 amide bonds. The van der Waals surface area contributed by atoms with E-state index in [2.05, 4.69) is 5.32 Å². The quantitative estimate of drug-likeness (QED) is 0.604. The van der Waals surface area contributed by atoms with Crippen molar-refractivity contribution in [1.82, 2.24) is 5.32 Å². The van der Waals surface area contributed by atoms with Gasteiger partial charge in [0.1, 0.15) is 0 Å². The molecule has 2 saturated carbocycles. The third-order valence-electron chi connectivity index (χ3n) is 4.28. The smallest absolute Gasteiger partial charge is 0.0587 e. The summed E-state index contributed by atoms with van der Waals surface area (Å²) >= 11 is 0. The average molecular weight is 167 g/mol. The molecule has 0 aromatic heterocycles. The first-order valence-corrected chi connectivity index (χ1v) is 5.17. The lowest BCUT2D eigenvalue weighted by molar-refractivity contribution is 0.219. The number of aliphatic hydroxyl groups excluding tert-OH is 1. The van der Waals surface area contributed by atoms with Crippen LogP contribution in [0, 0.1) is 17.3 Å². The molecule has 1 saturated heterocycles. The van der Waals surface area contributed by atoms with Gasteiger partial charge in [-0.2, -0.15) is 0 Å². The van der Waals surface area contributed by atoms with Crippen molar-refractivity contribution in [2.45, 2.75) is 31.7 Å². The van der Waals surface area contributed by atoms with E-state index in [1.807, 2.05) is 0 Å². The molecule has 0 bridgehead atoms. The van der Waals surface area contributed by atoms with Crippen molar-refractivity contribution in [3.05, 3.63) is 0 Å². The van der Waals surface area contributed by atoms with E-state index in [9.17, 15) is 0 Å². The summed E-state index contributed by atoms with van der Waals surface area (Å²) in [7, 11) is 0. The van der Waals surface area contributed by atoms with Gasteiger partial charge in [0.15, 0.2) is 0 Å². The van der Waals surface area contributed by atoms with Crippen LogP contribution >= 0.6 is 0 Å². The minimum absolute atomic E-state index is 0.344. The van der Waals surface area contributed by atoms with Crippen LogP contribution < -0.4 is 5.32 Å². The summed E-state index contributed by atoms with van der Waals surface area (Å²) in [6, 6.07) is 0.426. The molecule has 0 radical (unpaired) electrons. The topological polar surface area (TPSA) is 32.3 Å². The van der Waals surface area contributed by atoms with E-state index in [0.717, 1.165) is 23.8 Å². The molecule has 68 valence electrons. The fraction of sp³-hybridized carbons (Fsp3) is 1.00. The maximum atomic E-state index is 9.14. The van der Waals surface area contributed by atoms with E-state index >= 15 is 0 Å². The van der Waals surface area contributed by atoms with Gasteiger partial charge in [-0.1, -0.05) is 0 Å². The Bertz CT molecular complexity index is 200. The van der Waals surface area contributed by atoms with Gasteiger partial charge in [-0.25, -0.2) is 0 Å². The Hall–Kier alpha value is -0.0800. The fourth-order valence-corrected chi connectivity index (χ4v) is 3.39. The average Bonchev–Trinajstić information content (AvgIpc) is 2.52. The van der Waals surface area contributed by atoms with Crippen LogP contribution in [0.25, 0.3) is 0 Å². The number of hydrogen-bond acceptors (Lipinski definition) is 2. The van der Waals surface area contributed by atoms with Gasteiger partial charge in [0, 0.05) is 6.04 Å². The van der Waals surface area contributed by atoms with Gasteiger partial charge in [-0.05, 0) is 49.5 Å². The summed E-state index contributed by atoms with van der Waals surface area (Å²) in [6.45, 7) is 1.51.